The normalized spacial score (nSPS) is 18.0. The molecule has 31 heavy (non-hydrogen) atoms. The maximum atomic E-state index is 12.7. The number of ether oxygens (including phenoxy) is 1. The Kier molecular flexibility index (Phi) is 8.73. The number of piperazine rings is 2. The van der Waals surface area contributed by atoms with Crippen LogP contribution >= 0.6 is 0 Å². The molecule has 2 aliphatic heterocycles. The molecule has 1 N–H and O–H groups in total. The molecule has 2 saturated heterocycles. The highest BCUT2D eigenvalue weighted by Gasteiger charge is 2.23. The van der Waals surface area contributed by atoms with E-state index in [1.54, 1.807) is 13.2 Å². The zero-order chi connectivity index (χ0) is 22.1. The van der Waals surface area contributed by atoms with Crippen LogP contribution in [0.5, 0.6) is 5.75 Å². The number of amides is 2. The van der Waals surface area contributed by atoms with Gasteiger partial charge in [-0.25, -0.2) is 0 Å². The van der Waals surface area contributed by atoms with E-state index in [0.717, 1.165) is 64.7 Å². The van der Waals surface area contributed by atoms with Crippen molar-refractivity contribution in [2.45, 2.75) is 6.42 Å². The quantitative estimate of drug-likeness (QED) is 0.582. The van der Waals surface area contributed by atoms with E-state index >= 15 is 0 Å². The number of benzene rings is 1. The highest BCUT2D eigenvalue weighted by molar-refractivity contribution is 5.78. The van der Waals surface area contributed by atoms with Gasteiger partial charge in [0, 0.05) is 77.6 Å². The van der Waals surface area contributed by atoms with Crippen LogP contribution in [0.2, 0.25) is 0 Å². The summed E-state index contributed by atoms with van der Waals surface area (Å²) in [7, 11) is 1.67. The van der Waals surface area contributed by atoms with Crippen LogP contribution < -0.4 is 15.0 Å². The number of nitrogens with one attached hydrogen (secondary N) is 1. The van der Waals surface area contributed by atoms with E-state index in [9.17, 15) is 9.59 Å². The summed E-state index contributed by atoms with van der Waals surface area (Å²) in [6.07, 6.45) is 2.24. The number of carbonyl (C=O) groups is 2. The molecule has 0 aliphatic carbocycles. The second-order valence-corrected chi connectivity index (χ2v) is 8.03. The highest BCUT2D eigenvalue weighted by Crippen LogP contribution is 2.20. The average Bonchev–Trinajstić information content (AvgIpc) is 2.82. The molecule has 3 rings (SSSR count). The third kappa shape index (κ3) is 6.97. The fraction of sp³-hybridized carbons (Fsp3) is 0.565. The Hall–Kier alpha value is -2.58. The Bertz CT molecular complexity index is 723. The number of nitrogens with zero attached hydrogens (tertiary/aromatic N) is 4. The van der Waals surface area contributed by atoms with Crippen LogP contribution in [0.1, 0.15) is 6.42 Å². The molecule has 170 valence electrons. The predicted octanol–water partition coefficient (Wildman–Crippen LogP) is 0.654. The maximum Gasteiger partial charge on any atom is 0.234 e. The van der Waals surface area contributed by atoms with Crippen molar-refractivity contribution in [3.05, 3.63) is 36.9 Å². The fourth-order valence-electron chi connectivity index (χ4n) is 4.03. The molecular weight excluding hydrogens is 394 g/mol. The van der Waals surface area contributed by atoms with E-state index < -0.39 is 0 Å². The lowest BCUT2D eigenvalue weighted by atomic mass is 10.2. The molecule has 2 heterocycles. The third-order valence-electron chi connectivity index (χ3n) is 5.99. The van der Waals surface area contributed by atoms with Crippen molar-refractivity contribution in [2.75, 3.05) is 84.0 Å². The minimum atomic E-state index is 0.0392. The summed E-state index contributed by atoms with van der Waals surface area (Å²) in [5.74, 6) is 1.13. The molecule has 0 bridgehead atoms. The van der Waals surface area contributed by atoms with Gasteiger partial charge in [0.05, 0.1) is 13.7 Å². The smallest absolute Gasteiger partial charge is 0.234 e. The summed E-state index contributed by atoms with van der Waals surface area (Å²) in [4.78, 5) is 33.3. The molecular formula is C23H35N5O3. The van der Waals surface area contributed by atoms with Crippen molar-refractivity contribution in [1.82, 2.24) is 20.0 Å². The van der Waals surface area contributed by atoms with Crippen LogP contribution in [0.3, 0.4) is 0 Å². The van der Waals surface area contributed by atoms with Gasteiger partial charge in [-0.05, 0) is 24.3 Å². The van der Waals surface area contributed by atoms with Gasteiger partial charge < -0.3 is 24.8 Å². The van der Waals surface area contributed by atoms with Gasteiger partial charge in [0.15, 0.2) is 0 Å². The third-order valence-corrected chi connectivity index (χ3v) is 5.99. The molecule has 1 aromatic carbocycles. The first-order valence-electron chi connectivity index (χ1n) is 11.1. The predicted molar refractivity (Wildman–Crippen MR) is 122 cm³/mol. The van der Waals surface area contributed by atoms with Gasteiger partial charge >= 0.3 is 0 Å². The minimum Gasteiger partial charge on any atom is -0.497 e. The molecule has 2 aliphatic rings. The van der Waals surface area contributed by atoms with Crippen molar-refractivity contribution >= 4 is 17.5 Å². The van der Waals surface area contributed by atoms with Crippen molar-refractivity contribution in [1.29, 1.82) is 0 Å². The number of rotatable bonds is 9. The van der Waals surface area contributed by atoms with Crippen LogP contribution in [0.15, 0.2) is 36.9 Å². The van der Waals surface area contributed by atoms with E-state index in [2.05, 4.69) is 38.7 Å². The second kappa shape index (κ2) is 11.7. The highest BCUT2D eigenvalue weighted by atomic mass is 16.5. The maximum absolute atomic E-state index is 12.7. The van der Waals surface area contributed by atoms with Gasteiger partial charge in [0.2, 0.25) is 11.8 Å². The first-order chi connectivity index (χ1) is 15.1. The van der Waals surface area contributed by atoms with Crippen LogP contribution in [-0.4, -0.2) is 106 Å². The van der Waals surface area contributed by atoms with E-state index in [0.29, 0.717) is 19.5 Å². The van der Waals surface area contributed by atoms with Crippen LogP contribution in [0.4, 0.5) is 5.69 Å². The number of carbonyl (C=O) groups excluding carboxylic acids is 2. The molecule has 0 atom stereocenters. The monoisotopic (exact) mass is 429 g/mol. The minimum absolute atomic E-state index is 0.0392. The van der Waals surface area contributed by atoms with Gasteiger partial charge in [-0.3, -0.25) is 14.5 Å². The Balaban J connectivity index is 1.32. The molecule has 8 heteroatoms. The van der Waals surface area contributed by atoms with Crippen LogP contribution in [-0.2, 0) is 9.59 Å². The lowest BCUT2D eigenvalue weighted by molar-refractivity contribution is -0.131. The first kappa shape index (κ1) is 23.1. The van der Waals surface area contributed by atoms with Crippen molar-refractivity contribution in [3.8, 4) is 5.75 Å². The summed E-state index contributed by atoms with van der Waals surface area (Å²) in [6, 6.07) is 8.08. The van der Waals surface area contributed by atoms with Gasteiger partial charge in [-0.1, -0.05) is 6.08 Å². The molecule has 0 saturated carbocycles. The van der Waals surface area contributed by atoms with Crippen LogP contribution in [0, 0.1) is 0 Å². The summed E-state index contributed by atoms with van der Waals surface area (Å²) >= 11 is 0. The molecule has 0 unspecified atom stereocenters. The summed E-state index contributed by atoms with van der Waals surface area (Å²) in [5.41, 5.74) is 1.17. The standard InChI is InChI=1S/C23H35N5O3/c1-3-9-24-22(29)19-26-13-11-25(12-14-26)10-8-23(30)28-17-15-27(16-18-28)20-4-6-21(31-2)7-5-20/h3-7H,1,8-19H2,2H3,(H,24,29). The van der Waals surface area contributed by atoms with Crippen LogP contribution in [0.25, 0.3) is 0 Å². The molecule has 2 fully saturated rings. The molecule has 0 spiro atoms. The van der Waals surface area contributed by atoms with Gasteiger partial charge in [0.1, 0.15) is 5.75 Å². The van der Waals surface area contributed by atoms with Crippen molar-refractivity contribution in [3.63, 3.8) is 0 Å². The Morgan fingerprint density at radius 3 is 2.26 bits per heavy atom. The van der Waals surface area contributed by atoms with Gasteiger partial charge in [-0.15, -0.1) is 6.58 Å². The molecule has 8 nitrogen and oxygen atoms in total. The summed E-state index contributed by atoms with van der Waals surface area (Å²) in [5, 5.41) is 2.81. The Morgan fingerprint density at radius 2 is 1.65 bits per heavy atom. The number of methoxy groups -OCH3 is 1. The van der Waals surface area contributed by atoms with Gasteiger partial charge in [0.25, 0.3) is 0 Å². The van der Waals surface area contributed by atoms with Gasteiger partial charge in [-0.2, -0.15) is 0 Å². The first-order valence-corrected chi connectivity index (χ1v) is 11.1. The second-order valence-electron chi connectivity index (χ2n) is 8.03. The lowest BCUT2D eigenvalue weighted by Crippen LogP contribution is -2.51. The zero-order valence-electron chi connectivity index (χ0n) is 18.6. The Morgan fingerprint density at radius 1 is 1.00 bits per heavy atom. The molecule has 0 aromatic heterocycles. The molecule has 2 amide bonds. The summed E-state index contributed by atoms with van der Waals surface area (Å²) in [6.45, 7) is 12.1. The Labute approximate surface area is 185 Å². The van der Waals surface area contributed by atoms with E-state index in [1.165, 1.54) is 5.69 Å². The fourth-order valence-corrected chi connectivity index (χ4v) is 4.03. The van der Waals surface area contributed by atoms with Crippen molar-refractivity contribution < 1.29 is 14.3 Å². The number of hydrogen-bond donors (Lipinski definition) is 1. The van der Waals surface area contributed by atoms with E-state index in [1.807, 2.05) is 17.0 Å². The lowest BCUT2D eigenvalue weighted by Gasteiger charge is -2.37. The summed E-state index contributed by atoms with van der Waals surface area (Å²) < 4.78 is 5.22. The SMILES string of the molecule is C=CCNC(=O)CN1CCN(CCC(=O)N2CCN(c3ccc(OC)cc3)CC2)CC1. The molecule has 1 aromatic rings. The van der Waals surface area contributed by atoms with E-state index in [4.69, 9.17) is 4.74 Å². The molecule has 0 radical (unpaired) electrons. The largest absolute Gasteiger partial charge is 0.497 e. The zero-order valence-corrected chi connectivity index (χ0v) is 18.6. The number of hydrogen-bond acceptors (Lipinski definition) is 6. The van der Waals surface area contributed by atoms with E-state index in [-0.39, 0.29) is 11.8 Å². The number of anilines is 1. The van der Waals surface area contributed by atoms with Crippen molar-refractivity contribution in [2.24, 2.45) is 0 Å². The average molecular weight is 430 g/mol. The topological polar surface area (TPSA) is 68.4 Å².